The Morgan fingerprint density at radius 2 is 1.84 bits per heavy atom. The first kappa shape index (κ1) is 36.6. The normalized spacial score (nSPS) is 18.7. The van der Waals surface area contributed by atoms with E-state index in [0.29, 0.717) is 34.2 Å². The van der Waals surface area contributed by atoms with E-state index in [0.717, 1.165) is 56.0 Å². The van der Waals surface area contributed by atoms with Crippen molar-refractivity contribution in [1.29, 1.82) is 0 Å². The van der Waals surface area contributed by atoms with Gasteiger partial charge >= 0.3 is 0 Å². The lowest BCUT2D eigenvalue weighted by molar-refractivity contribution is -0.134. The molecular formula is C39H50ClN7O4. The summed E-state index contributed by atoms with van der Waals surface area (Å²) in [5.41, 5.74) is 2.25. The van der Waals surface area contributed by atoms with Crippen LogP contribution in [0.1, 0.15) is 105 Å². The molecule has 2 aliphatic rings. The molecule has 2 heterocycles. The Bertz CT molecular complexity index is 1880. The number of carbonyl (C=O) groups excluding carboxylic acids is 3. The molecule has 11 nitrogen and oxygen atoms in total. The minimum Gasteiger partial charge on any atom is -0.383 e. The van der Waals surface area contributed by atoms with Gasteiger partial charge in [-0.2, -0.15) is 5.10 Å². The number of aryl methyl sites for hydroxylation is 1. The highest BCUT2D eigenvalue weighted by Crippen LogP contribution is 2.60. The van der Waals surface area contributed by atoms with Gasteiger partial charge in [0.15, 0.2) is 0 Å². The van der Waals surface area contributed by atoms with Crippen molar-refractivity contribution in [2.24, 2.45) is 18.4 Å². The molecule has 2 aliphatic carbocycles. The quantitative estimate of drug-likeness (QED) is 0.124. The van der Waals surface area contributed by atoms with Crippen molar-refractivity contribution in [3.8, 4) is 0 Å². The smallest absolute Gasteiger partial charge is 0.270 e. The minimum atomic E-state index is -1.11. The van der Waals surface area contributed by atoms with Crippen LogP contribution in [0.15, 0.2) is 54.7 Å². The van der Waals surface area contributed by atoms with Crippen LogP contribution >= 0.6 is 11.6 Å². The van der Waals surface area contributed by atoms with Gasteiger partial charge in [-0.1, -0.05) is 62.1 Å². The summed E-state index contributed by atoms with van der Waals surface area (Å²) in [5, 5.41) is 14.2. The molecule has 12 heteroatoms. The van der Waals surface area contributed by atoms with Gasteiger partial charge in [0, 0.05) is 37.8 Å². The van der Waals surface area contributed by atoms with Gasteiger partial charge in [0.1, 0.15) is 17.6 Å². The Hall–Kier alpha value is -4.22. The van der Waals surface area contributed by atoms with Gasteiger partial charge in [0.25, 0.3) is 5.91 Å². The molecule has 1 unspecified atom stereocenters. The molecule has 51 heavy (non-hydrogen) atoms. The maximum absolute atomic E-state index is 14.3. The van der Waals surface area contributed by atoms with E-state index >= 15 is 0 Å². The van der Waals surface area contributed by atoms with Crippen molar-refractivity contribution < 1.29 is 19.1 Å². The fraction of sp³-hybridized carbons (Fsp3) is 0.513. The summed E-state index contributed by atoms with van der Waals surface area (Å²) in [6.07, 6.45) is 8.60. The van der Waals surface area contributed by atoms with E-state index in [4.69, 9.17) is 21.3 Å². The molecule has 2 fully saturated rings. The third kappa shape index (κ3) is 7.55. The van der Waals surface area contributed by atoms with Crippen LogP contribution < -0.4 is 16.0 Å². The van der Waals surface area contributed by atoms with Crippen molar-refractivity contribution in [2.45, 2.75) is 89.1 Å². The summed E-state index contributed by atoms with van der Waals surface area (Å²) in [6.45, 7) is 6.54. The lowest BCUT2D eigenvalue weighted by Crippen LogP contribution is -2.56. The SMILES string of the molecule is CCNC(=O)[C@H](NC(=O)C(C)(COC)c1ccc2[nH]c([C@@H](NC(=O)c3ccnn3C)[C@H](c3ccccc3Cl)C3(C)CC3)nc2c1)C1CCCCC1. The third-order valence-electron chi connectivity index (χ3n) is 11.1. The van der Waals surface area contributed by atoms with E-state index in [2.05, 4.69) is 33.0 Å². The molecule has 4 atom stereocenters. The van der Waals surface area contributed by atoms with Gasteiger partial charge < -0.3 is 25.7 Å². The molecule has 6 rings (SSSR count). The van der Waals surface area contributed by atoms with Crippen molar-refractivity contribution in [3.63, 3.8) is 0 Å². The van der Waals surface area contributed by atoms with Crippen LogP contribution in [0.2, 0.25) is 5.02 Å². The number of H-pyrrole nitrogens is 1. The topological polar surface area (TPSA) is 143 Å². The minimum absolute atomic E-state index is 0.0790. The number of ether oxygens (including phenoxy) is 1. The highest BCUT2D eigenvalue weighted by molar-refractivity contribution is 6.31. The zero-order chi connectivity index (χ0) is 36.3. The number of aromatic nitrogens is 4. The zero-order valence-electron chi connectivity index (χ0n) is 30.2. The van der Waals surface area contributed by atoms with E-state index < -0.39 is 17.5 Å². The van der Waals surface area contributed by atoms with Crippen molar-refractivity contribution in [3.05, 3.63) is 82.4 Å². The molecule has 0 bridgehead atoms. The largest absolute Gasteiger partial charge is 0.383 e. The summed E-state index contributed by atoms with van der Waals surface area (Å²) in [4.78, 5) is 49.9. The van der Waals surface area contributed by atoms with Gasteiger partial charge in [-0.05, 0) is 86.3 Å². The number of nitrogens with zero attached hydrogens (tertiary/aromatic N) is 3. The molecule has 272 valence electrons. The van der Waals surface area contributed by atoms with Gasteiger partial charge in [-0.3, -0.25) is 19.1 Å². The van der Waals surface area contributed by atoms with E-state index in [1.165, 1.54) is 0 Å². The first-order valence-corrected chi connectivity index (χ1v) is 18.5. The number of amides is 3. The van der Waals surface area contributed by atoms with E-state index in [1.807, 2.05) is 56.3 Å². The number of carbonyl (C=O) groups is 3. The van der Waals surface area contributed by atoms with Crippen molar-refractivity contribution in [2.75, 3.05) is 20.3 Å². The Kier molecular flexibility index (Phi) is 10.9. The van der Waals surface area contributed by atoms with Crippen LogP contribution in [0.5, 0.6) is 0 Å². The molecular weight excluding hydrogens is 666 g/mol. The van der Waals surface area contributed by atoms with E-state index in [9.17, 15) is 14.4 Å². The predicted octanol–water partition coefficient (Wildman–Crippen LogP) is 6.11. The van der Waals surface area contributed by atoms with Crippen molar-refractivity contribution >= 4 is 40.4 Å². The number of aromatic amines is 1. The predicted molar refractivity (Wildman–Crippen MR) is 197 cm³/mol. The molecule has 4 N–H and O–H groups in total. The summed E-state index contributed by atoms with van der Waals surface area (Å²) in [5.74, 6) is -0.215. The number of rotatable bonds is 14. The number of halogens is 1. The molecule has 0 radical (unpaired) electrons. The molecule has 2 aromatic carbocycles. The van der Waals surface area contributed by atoms with Gasteiger partial charge in [0.05, 0.1) is 29.1 Å². The second kappa shape index (κ2) is 15.2. The molecule has 0 saturated heterocycles. The lowest BCUT2D eigenvalue weighted by Gasteiger charge is -2.34. The number of likely N-dealkylation sites (N-methyl/N-ethyl adjacent to an activating group) is 1. The summed E-state index contributed by atoms with van der Waals surface area (Å²) in [6, 6.07) is 14.0. The van der Waals surface area contributed by atoms with E-state index in [1.54, 1.807) is 31.1 Å². The molecule has 0 aliphatic heterocycles. The molecule has 0 spiro atoms. The summed E-state index contributed by atoms with van der Waals surface area (Å²) in [7, 11) is 3.31. The highest BCUT2D eigenvalue weighted by atomic mass is 35.5. The van der Waals surface area contributed by atoms with Gasteiger partial charge in [0.2, 0.25) is 11.8 Å². The van der Waals surface area contributed by atoms with Crippen LogP contribution in [-0.4, -0.2) is 63.8 Å². The van der Waals surface area contributed by atoms with Crippen LogP contribution in [0.3, 0.4) is 0 Å². The molecule has 3 amide bonds. The second-order valence-electron chi connectivity index (χ2n) is 14.8. The molecule has 2 aromatic heterocycles. The maximum atomic E-state index is 14.3. The van der Waals surface area contributed by atoms with Gasteiger partial charge in [-0.15, -0.1) is 0 Å². The average Bonchev–Trinajstić information content (AvgIpc) is 3.49. The fourth-order valence-corrected chi connectivity index (χ4v) is 8.10. The molecule has 2 saturated carbocycles. The van der Waals surface area contributed by atoms with Crippen LogP contribution in [0, 0.1) is 11.3 Å². The Morgan fingerprint density at radius 3 is 2.49 bits per heavy atom. The Labute approximate surface area is 304 Å². The number of hydrogen-bond acceptors (Lipinski definition) is 6. The van der Waals surface area contributed by atoms with Crippen LogP contribution in [0.4, 0.5) is 0 Å². The number of hydrogen-bond donors (Lipinski definition) is 4. The Morgan fingerprint density at radius 1 is 1.10 bits per heavy atom. The van der Waals surface area contributed by atoms with Crippen LogP contribution in [-0.2, 0) is 26.8 Å². The standard InChI is InChI=1S/C39H50ClN7O4/c1-6-41-36(49)32(24-12-8-7-9-13-24)46-37(50)39(3,23-51-5)25-16-17-28-29(22-25)44-34(43-28)33(45-35(48)30-18-21-42-47(30)4)31(38(2)19-20-38)26-14-10-11-15-27(26)40/h10-11,14-18,21-22,24,31-33H,6-9,12-13,19-20,23H2,1-5H3,(H,41,49)(H,43,44)(H,45,48)(H,46,50)/t31-,32+,33-,39?/m0/s1. The van der Waals surface area contributed by atoms with Crippen LogP contribution in [0.25, 0.3) is 11.0 Å². The number of imidazole rings is 1. The number of methoxy groups -OCH3 is 1. The monoisotopic (exact) mass is 715 g/mol. The van der Waals surface area contributed by atoms with E-state index in [-0.39, 0.29) is 41.6 Å². The molecule has 4 aromatic rings. The fourth-order valence-electron chi connectivity index (χ4n) is 7.85. The second-order valence-corrected chi connectivity index (χ2v) is 15.2. The average molecular weight is 716 g/mol. The first-order valence-electron chi connectivity index (χ1n) is 18.1. The number of fused-ring (bicyclic) bond motifs is 1. The first-order chi connectivity index (χ1) is 24.5. The lowest BCUT2D eigenvalue weighted by atomic mass is 9.78. The summed E-state index contributed by atoms with van der Waals surface area (Å²) < 4.78 is 7.19. The van der Waals surface area contributed by atoms with Gasteiger partial charge in [-0.25, -0.2) is 4.98 Å². The maximum Gasteiger partial charge on any atom is 0.270 e. The Balaban J connectivity index is 1.38. The zero-order valence-corrected chi connectivity index (χ0v) is 31.0. The summed E-state index contributed by atoms with van der Waals surface area (Å²) >= 11 is 6.84. The van der Waals surface area contributed by atoms with Crippen molar-refractivity contribution in [1.82, 2.24) is 35.7 Å². The number of nitrogens with one attached hydrogen (secondary N) is 4. The number of benzene rings is 2. The highest BCUT2D eigenvalue weighted by Gasteiger charge is 2.51. The third-order valence-corrected chi connectivity index (χ3v) is 11.5.